The van der Waals surface area contributed by atoms with Crippen LogP contribution in [0.5, 0.6) is 0 Å². The van der Waals surface area contributed by atoms with E-state index in [2.05, 4.69) is 22.4 Å². The van der Waals surface area contributed by atoms with Gasteiger partial charge in [-0.25, -0.2) is 0 Å². The zero-order valence-electron chi connectivity index (χ0n) is 12.9. The number of carbonyl (C=O) groups excluding carboxylic acids is 1. The van der Waals surface area contributed by atoms with Gasteiger partial charge in [-0.3, -0.25) is 9.79 Å². The summed E-state index contributed by atoms with van der Waals surface area (Å²) in [5.41, 5.74) is 2.02. The van der Waals surface area contributed by atoms with E-state index in [0.717, 1.165) is 0 Å². The zero-order valence-corrected chi connectivity index (χ0v) is 12.9. The van der Waals surface area contributed by atoms with E-state index in [1.165, 1.54) is 7.05 Å². The number of nitriles is 2. The molecular formula is C16H16N4O2. The van der Waals surface area contributed by atoms with Gasteiger partial charge < -0.3 is 9.73 Å². The number of rotatable bonds is 2. The molecule has 2 unspecified atom stereocenters. The predicted molar refractivity (Wildman–Crippen MR) is 80.1 cm³/mol. The molecule has 2 atom stereocenters. The van der Waals surface area contributed by atoms with Gasteiger partial charge in [0.05, 0.1) is 40.8 Å². The summed E-state index contributed by atoms with van der Waals surface area (Å²) in [5, 5.41) is 21.4. The second kappa shape index (κ2) is 5.87. The first-order valence-electron chi connectivity index (χ1n) is 6.82. The Kier molecular flexibility index (Phi) is 4.14. The minimum absolute atomic E-state index is 0.263. The lowest BCUT2D eigenvalue weighted by Crippen LogP contribution is -2.24. The molecule has 1 aliphatic rings. The van der Waals surface area contributed by atoms with Crippen LogP contribution < -0.4 is 5.32 Å². The number of allylic oxidation sites excluding steroid dienone is 2. The van der Waals surface area contributed by atoms with Crippen LogP contribution in [-0.2, 0) is 0 Å². The summed E-state index contributed by atoms with van der Waals surface area (Å²) in [6.07, 6.45) is 0. The van der Waals surface area contributed by atoms with Crippen LogP contribution >= 0.6 is 0 Å². The van der Waals surface area contributed by atoms with Crippen LogP contribution in [-0.4, -0.2) is 18.7 Å². The van der Waals surface area contributed by atoms with Crippen LogP contribution in [0.4, 0.5) is 0 Å². The van der Waals surface area contributed by atoms with Gasteiger partial charge >= 0.3 is 0 Å². The summed E-state index contributed by atoms with van der Waals surface area (Å²) in [7, 11) is 1.54. The Balaban J connectivity index is 2.59. The van der Waals surface area contributed by atoms with E-state index in [-0.39, 0.29) is 5.91 Å². The Labute approximate surface area is 128 Å². The van der Waals surface area contributed by atoms with Crippen molar-refractivity contribution in [1.82, 2.24) is 5.32 Å². The number of furan rings is 1. The second-order valence-corrected chi connectivity index (χ2v) is 5.15. The first kappa shape index (κ1) is 15.5. The van der Waals surface area contributed by atoms with Crippen molar-refractivity contribution in [3.63, 3.8) is 0 Å². The smallest absolute Gasteiger partial charge is 0.254 e. The molecule has 22 heavy (non-hydrogen) atoms. The fourth-order valence-corrected chi connectivity index (χ4v) is 2.67. The summed E-state index contributed by atoms with van der Waals surface area (Å²) >= 11 is 0. The van der Waals surface area contributed by atoms with Crippen molar-refractivity contribution in [2.45, 2.75) is 26.7 Å². The molecule has 0 saturated heterocycles. The van der Waals surface area contributed by atoms with Gasteiger partial charge in [-0.2, -0.15) is 10.5 Å². The number of carbonyl (C=O) groups is 1. The van der Waals surface area contributed by atoms with E-state index in [9.17, 15) is 15.3 Å². The fourth-order valence-electron chi connectivity index (χ4n) is 2.67. The van der Waals surface area contributed by atoms with E-state index in [4.69, 9.17) is 4.42 Å². The molecule has 1 amide bonds. The molecule has 6 nitrogen and oxygen atoms in total. The highest BCUT2D eigenvalue weighted by atomic mass is 16.3. The van der Waals surface area contributed by atoms with E-state index in [0.29, 0.717) is 34.1 Å². The normalized spacial score (nSPS) is 20.9. The molecule has 112 valence electrons. The summed E-state index contributed by atoms with van der Waals surface area (Å²) < 4.78 is 5.69. The number of amides is 1. The van der Waals surface area contributed by atoms with E-state index < -0.39 is 11.8 Å². The molecule has 0 bridgehead atoms. The van der Waals surface area contributed by atoms with Crippen LogP contribution in [0, 0.1) is 35.5 Å². The van der Waals surface area contributed by atoms with Gasteiger partial charge in [0.15, 0.2) is 0 Å². The lowest BCUT2D eigenvalue weighted by atomic mass is 9.79. The number of nitrogens with zero attached hydrogens (tertiary/aromatic N) is 3. The highest BCUT2D eigenvalue weighted by Crippen LogP contribution is 2.39. The minimum Gasteiger partial charge on any atom is -0.465 e. The van der Waals surface area contributed by atoms with Gasteiger partial charge in [0, 0.05) is 12.8 Å². The molecule has 1 aromatic rings. The van der Waals surface area contributed by atoms with Crippen LogP contribution in [0.1, 0.15) is 41.6 Å². The van der Waals surface area contributed by atoms with Crippen molar-refractivity contribution < 1.29 is 9.21 Å². The number of aryl methyl sites for hydroxylation is 1. The van der Waals surface area contributed by atoms with Crippen molar-refractivity contribution in [3.8, 4) is 12.1 Å². The topological polar surface area (TPSA) is 102 Å². The third-order valence-corrected chi connectivity index (χ3v) is 3.80. The van der Waals surface area contributed by atoms with Gasteiger partial charge in [0.1, 0.15) is 11.5 Å². The maximum Gasteiger partial charge on any atom is 0.254 e. The molecular weight excluding hydrogens is 280 g/mol. The maximum absolute atomic E-state index is 11.8. The Morgan fingerprint density at radius 3 is 2.59 bits per heavy atom. The number of hydrogen-bond acceptors (Lipinski definition) is 5. The lowest BCUT2D eigenvalue weighted by molar-refractivity contribution is 0.0961. The molecule has 0 saturated carbocycles. The lowest BCUT2D eigenvalue weighted by Gasteiger charge is -2.24. The zero-order chi connectivity index (χ0) is 16.4. The summed E-state index contributed by atoms with van der Waals surface area (Å²) in [6, 6.07) is 5.91. The molecule has 0 aromatic carbocycles. The van der Waals surface area contributed by atoms with Crippen molar-refractivity contribution in [2.75, 3.05) is 7.05 Å². The largest absolute Gasteiger partial charge is 0.465 e. The molecule has 0 radical (unpaired) electrons. The Hall–Kier alpha value is -2.86. The first-order chi connectivity index (χ1) is 10.4. The third kappa shape index (κ3) is 2.40. The summed E-state index contributed by atoms with van der Waals surface area (Å²) in [5.74, 6) is -0.485. The molecule has 1 aliphatic heterocycles. The van der Waals surface area contributed by atoms with Gasteiger partial charge in [-0.1, -0.05) is 0 Å². The number of hydrogen-bond donors (Lipinski definition) is 1. The first-order valence-corrected chi connectivity index (χ1v) is 6.82. The maximum atomic E-state index is 11.8. The molecule has 2 rings (SSSR count). The quantitative estimate of drug-likeness (QED) is 0.905. The van der Waals surface area contributed by atoms with Gasteiger partial charge in [-0.15, -0.1) is 0 Å². The molecule has 2 heterocycles. The van der Waals surface area contributed by atoms with Crippen molar-refractivity contribution in [3.05, 3.63) is 34.4 Å². The Morgan fingerprint density at radius 2 is 2.05 bits per heavy atom. The van der Waals surface area contributed by atoms with Gasteiger partial charge in [0.25, 0.3) is 5.91 Å². The molecule has 6 heteroatoms. The molecule has 1 N–H and O–H groups in total. The average molecular weight is 296 g/mol. The van der Waals surface area contributed by atoms with Gasteiger partial charge in [0.2, 0.25) is 0 Å². The number of nitrogens with one attached hydrogen (secondary N) is 1. The van der Waals surface area contributed by atoms with Crippen molar-refractivity contribution in [2.24, 2.45) is 10.9 Å². The average Bonchev–Trinajstić information content (AvgIpc) is 2.87. The van der Waals surface area contributed by atoms with Gasteiger partial charge in [-0.05, 0) is 26.8 Å². The van der Waals surface area contributed by atoms with Crippen LogP contribution in [0.2, 0.25) is 0 Å². The summed E-state index contributed by atoms with van der Waals surface area (Å²) in [6.45, 7) is 5.17. The van der Waals surface area contributed by atoms with Crippen molar-refractivity contribution in [1.29, 1.82) is 10.5 Å². The molecule has 0 spiro atoms. The standard InChI is InChI=1S/C16H16N4O2/c1-8-12(6-17)15(13(7-18)9(2)20-8)14-5-11(10(3)22-14)16(21)19-4/h5,12,15H,1-4H3,(H,19,21). The highest BCUT2D eigenvalue weighted by molar-refractivity contribution is 5.95. The number of aliphatic imine (C=N–C) groups is 1. The van der Waals surface area contributed by atoms with E-state index >= 15 is 0 Å². The fraction of sp³-hybridized carbons (Fsp3) is 0.375. The SMILES string of the molecule is CNC(=O)c1cc(C2C(C#N)=C(C)N=C(C)C2C#N)oc1C. The Bertz CT molecular complexity index is 771. The predicted octanol–water partition coefficient (Wildman–Crippen LogP) is 2.44. The van der Waals surface area contributed by atoms with Crippen LogP contribution in [0.25, 0.3) is 0 Å². The van der Waals surface area contributed by atoms with Crippen LogP contribution in [0.3, 0.4) is 0 Å². The monoisotopic (exact) mass is 296 g/mol. The third-order valence-electron chi connectivity index (χ3n) is 3.80. The minimum atomic E-state index is -0.582. The Morgan fingerprint density at radius 1 is 1.36 bits per heavy atom. The molecule has 1 aromatic heterocycles. The van der Waals surface area contributed by atoms with E-state index in [1.807, 2.05) is 0 Å². The molecule has 0 aliphatic carbocycles. The molecule has 0 fully saturated rings. The van der Waals surface area contributed by atoms with Crippen LogP contribution in [0.15, 0.2) is 26.7 Å². The summed E-state index contributed by atoms with van der Waals surface area (Å²) in [4.78, 5) is 16.1. The van der Waals surface area contributed by atoms with E-state index in [1.54, 1.807) is 26.8 Å². The van der Waals surface area contributed by atoms with Crippen molar-refractivity contribution >= 4 is 11.6 Å². The second-order valence-electron chi connectivity index (χ2n) is 5.15. The highest BCUT2D eigenvalue weighted by Gasteiger charge is 2.36.